The molecule has 25 heavy (non-hydrogen) atoms. The van der Waals surface area contributed by atoms with Crippen molar-refractivity contribution < 1.29 is 9.52 Å². The number of hydrogen-bond donors (Lipinski definition) is 1. The first kappa shape index (κ1) is 16.5. The Balaban J connectivity index is 1.45. The van der Waals surface area contributed by atoms with Crippen LogP contribution in [0.2, 0.25) is 0 Å². The van der Waals surface area contributed by atoms with E-state index in [0.717, 1.165) is 19.6 Å². The number of β-amino-alcohol motifs (C(OH)–C–C–N with tert-alkyl or cyclic N) is 1. The van der Waals surface area contributed by atoms with Crippen molar-refractivity contribution in [1.29, 1.82) is 0 Å². The summed E-state index contributed by atoms with van der Waals surface area (Å²) in [6.45, 7) is 5.54. The van der Waals surface area contributed by atoms with Crippen molar-refractivity contribution in [1.82, 2.24) is 15.1 Å². The molecular formula is C19H26N4O2. The van der Waals surface area contributed by atoms with E-state index in [4.69, 9.17) is 4.42 Å². The summed E-state index contributed by atoms with van der Waals surface area (Å²) in [6.07, 6.45) is 4.23. The minimum atomic E-state index is -0.343. The van der Waals surface area contributed by atoms with Gasteiger partial charge in [-0.3, -0.25) is 4.90 Å². The first-order valence-electron chi connectivity index (χ1n) is 9.25. The van der Waals surface area contributed by atoms with Crippen LogP contribution >= 0.6 is 0 Å². The monoisotopic (exact) mass is 342 g/mol. The number of hydrogen-bond acceptors (Lipinski definition) is 6. The molecule has 2 aliphatic heterocycles. The summed E-state index contributed by atoms with van der Waals surface area (Å²) in [4.78, 5) is 4.70. The first-order valence-corrected chi connectivity index (χ1v) is 9.25. The topological polar surface area (TPSA) is 65.6 Å². The van der Waals surface area contributed by atoms with Crippen molar-refractivity contribution in [3.8, 4) is 0 Å². The minimum absolute atomic E-state index is 0.00188. The predicted molar refractivity (Wildman–Crippen MR) is 95.3 cm³/mol. The van der Waals surface area contributed by atoms with E-state index < -0.39 is 0 Å². The molecule has 0 spiro atoms. The number of nitrogens with zero attached hydrogens (tertiary/aromatic N) is 4. The molecule has 2 saturated heterocycles. The first-order chi connectivity index (χ1) is 12.2. The molecule has 1 aromatic heterocycles. The summed E-state index contributed by atoms with van der Waals surface area (Å²) < 4.78 is 5.60. The predicted octanol–water partition coefficient (Wildman–Crippen LogP) is 2.68. The Morgan fingerprint density at radius 1 is 1.12 bits per heavy atom. The Morgan fingerprint density at radius 3 is 2.56 bits per heavy atom. The molecular weight excluding hydrogens is 316 g/mol. The van der Waals surface area contributed by atoms with Crippen LogP contribution in [0.5, 0.6) is 0 Å². The number of aryl methyl sites for hydroxylation is 1. The molecule has 4 rings (SSSR count). The summed E-state index contributed by atoms with van der Waals surface area (Å²) in [5.41, 5.74) is 2.56. The maximum atomic E-state index is 10.1. The van der Waals surface area contributed by atoms with Gasteiger partial charge in [0.2, 0.25) is 11.8 Å². The molecule has 2 atom stereocenters. The van der Waals surface area contributed by atoms with Gasteiger partial charge in [0, 0.05) is 38.8 Å². The lowest BCUT2D eigenvalue weighted by atomic mass is 10.1. The van der Waals surface area contributed by atoms with Gasteiger partial charge in [-0.05, 0) is 43.4 Å². The molecule has 2 aromatic rings. The van der Waals surface area contributed by atoms with Crippen molar-refractivity contribution in [3.63, 3.8) is 0 Å². The Hall–Kier alpha value is -1.92. The Bertz CT molecular complexity index is 694. The molecule has 0 unspecified atom stereocenters. The van der Waals surface area contributed by atoms with Gasteiger partial charge in [-0.1, -0.05) is 12.1 Å². The van der Waals surface area contributed by atoms with Gasteiger partial charge in [-0.2, -0.15) is 0 Å². The number of aliphatic hydroxyl groups is 1. The van der Waals surface area contributed by atoms with Crippen LogP contribution < -0.4 is 4.90 Å². The lowest BCUT2D eigenvalue weighted by Crippen LogP contribution is -2.29. The maximum absolute atomic E-state index is 10.1. The van der Waals surface area contributed by atoms with E-state index >= 15 is 0 Å². The lowest BCUT2D eigenvalue weighted by Gasteiger charge is -2.29. The average molecular weight is 342 g/mol. The molecule has 0 amide bonds. The van der Waals surface area contributed by atoms with Crippen molar-refractivity contribution in [2.24, 2.45) is 0 Å². The molecule has 2 aliphatic rings. The second-order valence-electron chi connectivity index (χ2n) is 7.21. The van der Waals surface area contributed by atoms with Crippen LogP contribution in [0, 0.1) is 6.92 Å². The molecule has 2 fully saturated rings. The van der Waals surface area contributed by atoms with Crippen molar-refractivity contribution >= 4 is 5.69 Å². The minimum Gasteiger partial charge on any atom is -0.424 e. The quantitative estimate of drug-likeness (QED) is 0.921. The van der Waals surface area contributed by atoms with E-state index in [0.29, 0.717) is 24.7 Å². The summed E-state index contributed by atoms with van der Waals surface area (Å²) in [5.74, 6) is 1.18. The third kappa shape index (κ3) is 3.70. The molecule has 0 saturated carbocycles. The highest BCUT2D eigenvalue weighted by Crippen LogP contribution is 2.33. The van der Waals surface area contributed by atoms with E-state index in [2.05, 4.69) is 44.3 Å². The van der Waals surface area contributed by atoms with Gasteiger partial charge in [-0.25, -0.2) is 0 Å². The Morgan fingerprint density at radius 2 is 1.88 bits per heavy atom. The largest absolute Gasteiger partial charge is 0.424 e. The van der Waals surface area contributed by atoms with E-state index in [1.54, 1.807) is 6.92 Å². The zero-order chi connectivity index (χ0) is 17.2. The second-order valence-corrected chi connectivity index (χ2v) is 7.21. The van der Waals surface area contributed by atoms with Crippen LogP contribution in [-0.4, -0.2) is 45.9 Å². The number of anilines is 1. The van der Waals surface area contributed by atoms with Crippen LogP contribution in [0.1, 0.15) is 49.1 Å². The van der Waals surface area contributed by atoms with Gasteiger partial charge in [0.1, 0.15) is 0 Å². The summed E-state index contributed by atoms with van der Waals surface area (Å²) in [5, 5.41) is 18.2. The Labute approximate surface area is 148 Å². The third-order valence-corrected chi connectivity index (χ3v) is 5.25. The maximum Gasteiger partial charge on any atom is 0.233 e. The molecule has 3 heterocycles. The highest BCUT2D eigenvalue weighted by atomic mass is 16.4. The van der Waals surface area contributed by atoms with Gasteiger partial charge in [-0.15, -0.1) is 10.2 Å². The number of aliphatic hydroxyl groups excluding tert-OH is 1. The molecule has 6 nitrogen and oxygen atoms in total. The molecule has 0 aliphatic carbocycles. The van der Waals surface area contributed by atoms with Crippen LogP contribution in [0.25, 0.3) is 0 Å². The zero-order valence-corrected chi connectivity index (χ0v) is 14.8. The fourth-order valence-corrected chi connectivity index (χ4v) is 3.96. The van der Waals surface area contributed by atoms with Gasteiger partial charge in [0.25, 0.3) is 0 Å². The summed E-state index contributed by atoms with van der Waals surface area (Å²) in [7, 11) is 0. The van der Waals surface area contributed by atoms with Gasteiger partial charge >= 0.3 is 0 Å². The normalized spacial score (nSPS) is 24.8. The SMILES string of the molecule is Cc1nnc([C@H]2C[C@@H](O)CN2Cc2ccc(N3CCCCC3)cc2)o1. The van der Waals surface area contributed by atoms with Crippen molar-refractivity contribution in [3.05, 3.63) is 41.6 Å². The van der Waals surface area contributed by atoms with E-state index in [1.165, 1.54) is 30.5 Å². The molecule has 0 radical (unpaired) electrons. The van der Waals surface area contributed by atoms with Gasteiger partial charge in [0.05, 0.1) is 12.1 Å². The zero-order valence-electron chi connectivity index (χ0n) is 14.8. The number of benzene rings is 1. The summed E-state index contributed by atoms with van der Waals surface area (Å²) in [6, 6.07) is 8.84. The van der Waals surface area contributed by atoms with E-state index in [1.807, 2.05) is 0 Å². The molecule has 1 aromatic carbocycles. The highest BCUT2D eigenvalue weighted by Gasteiger charge is 2.35. The van der Waals surface area contributed by atoms with Crippen LogP contribution in [0.15, 0.2) is 28.7 Å². The van der Waals surface area contributed by atoms with Crippen LogP contribution in [-0.2, 0) is 6.54 Å². The highest BCUT2D eigenvalue weighted by molar-refractivity contribution is 5.47. The van der Waals surface area contributed by atoms with Crippen LogP contribution in [0.3, 0.4) is 0 Å². The number of rotatable bonds is 4. The standard InChI is InChI=1S/C19H26N4O2/c1-14-20-21-19(25-14)18-11-17(24)13-23(18)12-15-5-7-16(8-6-15)22-9-3-2-4-10-22/h5-8,17-18,24H,2-4,9-13H2,1H3/t17-,18-/m1/s1. The smallest absolute Gasteiger partial charge is 0.233 e. The summed E-state index contributed by atoms with van der Waals surface area (Å²) >= 11 is 0. The Kier molecular flexibility index (Phi) is 4.72. The molecule has 0 bridgehead atoms. The number of piperidine rings is 1. The third-order valence-electron chi connectivity index (χ3n) is 5.25. The second kappa shape index (κ2) is 7.14. The molecule has 6 heteroatoms. The van der Waals surface area contributed by atoms with Gasteiger partial charge < -0.3 is 14.4 Å². The van der Waals surface area contributed by atoms with Crippen molar-refractivity contribution in [2.75, 3.05) is 24.5 Å². The number of aromatic nitrogens is 2. The molecule has 1 N–H and O–H groups in total. The molecule has 134 valence electrons. The van der Waals surface area contributed by atoms with Gasteiger partial charge in [0.15, 0.2) is 0 Å². The van der Waals surface area contributed by atoms with Crippen LogP contribution in [0.4, 0.5) is 5.69 Å². The van der Waals surface area contributed by atoms with E-state index in [9.17, 15) is 5.11 Å². The van der Waals surface area contributed by atoms with Crippen molar-refractivity contribution in [2.45, 2.75) is 51.3 Å². The average Bonchev–Trinajstić information content (AvgIpc) is 3.22. The lowest BCUT2D eigenvalue weighted by molar-refractivity contribution is 0.170. The fraction of sp³-hybridized carbons (Fsp3) is 0.579. The fourth-order valence-electron chi connectivity index (χ4n) is 3.96. The van der Waals surface area contributed by atoms with E-state index in [-0.39, 0.29) is 12.1 Å². The number of likely N-dealkylation sites (tertiary alicyclic amines) is 1.